The van der Waals surface area contributed by atoms with Crippen molar-refractivity contribution in [2.45, 2.75) is 45.1 Å². The van der Waals surface area contributed by atoms with Crippen LogP contribution in [-0.2, 0) is 0 Å². The van der Waals surface area contributed by atoms with Crippen LogP contribution in [0.4, 0.5) is 0 Å². The van der Waals surface area contributed by atoms with E-state index in [0.29, 0.717) is 6.54 Å². The van der Waals surface area contributed by atoms with Crippen molar-refractivity contribution in [1.82, 2.24) is 0 Å². The summed E-state index contributed by atoms with van der Waals surface area (Å²) in [6.07, 6.45) is 3.68. The van der Waals surface area contributed by atoms with Crippen LogP contribution in [0.25, 0.3) is 0 Å². The minimum Gasteiger partial charge on any atom is -0.389 e. The summed E-state index contributed by atoms with van der Waals surface area (Å²) in [5.74, 6) is 0. The molecule has 0 heterocycles. The lowest BCUT2D eigenvalue weighted by Crippen LogP contribution is -2.37. The SMILES string of the molecule is CCCC(O)(CN)CCC. The second-order valence-electron chi connectivity index (χ2n) is 2.93. The molecule has 0 aliphatic rings. The molecule has 0 aromatic carbocycles. The predicted molar refractivity (Wildman–Crippen MR) is 43.8 cm³/mol. The van der Waals surface area contributed by atoms with E-state index in [9.17, 15) is 5.11 Å². The Morgan fingerprint density at radius 2 is 1.60 bits per heavy atom. The first kappa shape index (κ1) is 9.92. The van der Waals surface area contributed by atoms with E-state index in [4.69, 9.17) is 5.73 Å². The Labute approximate surface area is 63.4 Å². The summed E-state index contributed by atoms with van der Waals surface area (Å²) in [7, 11) is 0. The first-order valence-corrected chi connectivity index (χ1v) is 4.11. The molecule has 0 rings (SSSR count). The van der Waals surface area contributed by atoms with Crippen molar-refractivity contribution in [2.75, 3.05) is 6.54 Å². The minimum atomic E-state index is -0.580. The largest absolute Gasteiger partial charge is 0.389 e. The van der Waals surface area contributed by atoms with Gasteiger partial charge in [0.05, 0.1) is 5.60 Å². The fourth-order valence-corrected chi connectivity index (χ4v) is 1.26. The van der Waals surface area contributed by atoms with Crippen LogP contribution in [0.3, 0.4) is 0 Å². The van der Waals surface area contributed by atoms with Gasteiger partial charge in [-0.2, -0.15) is 0 Å². The van der Waals surface area contributed by atoms with Crippen molar-refractivity contribution >= 4 is 0 Å². The highest BCUT2D eigenvalue weighted by Gasteiger charge is 2.21. The summed E-state index contributed by atoms with van der Waals surface area (Å²) in [6, 6.07) is 0. The van der Waals surface area contributed by atoms with Gasteiger partial charge < -0.3 is 10.8 Å². The molecular weight excluding hydrogens is 126 g/mol. The summed E-state index contributed by atoms with van der Waals surface area (Å²) < 4.78 is 0. The van der Waals surface area contributed by atoms with Gasteiger partial charge in [-0.3, -0.25) is 0 Å². The van der Waals surface area contributed by atoms with E-state index >= 15 is 0 Å². The quantitative estimate of drug-likeness (QED) is 0.612. The van der Waals surface area contributed by atoms with E-state index in [1.165, 1.54) is 0 Å². The van der Waals surface area contributed by atoms with Gasteiger partial charge in [-0.1, -0.05) is 26.7 Å². The zero-order valence-electron chi connectivity index (χ0n) is 7.06. The van der Waals surface area contributed by atoms with Crippen LogP contribution in [0.15, 0.2) is 0 Å². The van der Waals surface area contributed by atoms with Gasteiger partial charge in [0.1, 0.15) is 0 Å². The summed E-state index contributed by atoms with van der Waals surface area (Å²) in [4.78, 5) is 0. The fourth-order valence-electron chi connectivity index (χ4n) is 1.26. The van der Waals surface area contributed by atoms with Crippen molar-refractivity contribution in [3.8, 4) is 0 Å². The molecule has 0 fully saturated rings. The number of rotatable bonds is 5. The van der Waals surface area contributed by atoms with E-state index in [2.05, 4.69) is 13.8 Å². The van der Waals surface area contributed by atoms with Crippen molar-refractivity contribution in [3.05, 3.63) is 0 Å². The fraction of sp³-hybridized carbons (Fsp3) is 1.00. The molecule has 0 radical (unpaired) electrons. The maximum atomic E-state index is 9.70. The molecule has 2 nitrogen and oxygen atoms in total. The minimum absolute atomic E-state index is 0.397. The van der Waals surface area contributed by atoms with Gasteiger partial charge >= 0.3 is 0 Å². The Bertz CT molecular complexity index is 77.3. The summed E-state index contributed by atoms with van der Waals surface area (Å²) in [5, 5.41) is 9.70. The van der Waals surface area contributed by atoms with Crippen LogP contribution in [0.5, 0.6) is 0 Å². The topological polar surface area (TPSA) is 46.2 Å². The first-order chi connectivity index (χ1) is 4.68. The molecule has 0 atom stereocenters. The average Bonchev–Trinajstić information content (AvgIpc) is 1.89. The Kier molecular flexibility index (Phi) is 4.65. The van der Waals surface area contributed by atoms with Crippen molar-refractivity contribution in [2.24, 2.45) is 5.73 Å². The number of hydrogen-bond acceptors (Lipinski definition) is 2. The molecule has 0 aromatic heterocycles. The zero-order valence-corrected chi connectivity index (χ0v) is 7.06. The average molecular weight is 145 g/mol. The van der Waals surface area contributed by atoms with Crippen molar-refractivity contribution in [1.29, 1.82) is 0 Å². The Balaban J connectivity index is 3.69. The van der Waals surface area contributed by atoms with Crippen LogP contribution in [0.2, 0.25) is 0 Å². The van der Waals surface area contributed by atoms with E-state index in [0.717, 1.165) is 25.7 Å². The highest BCUT2D eigenvalue weighted by molar-refractivity contribution is 4.77. The Morgan fingerprint density at radius 1 is 1.20 bits per heavy atom. The maximum Gasteiger partial charge on any atom is 0.0769 e. The van der Waals surface area contributed by atoms with Gasteiger partial charge in [0.2, 0.25) is 0 Å². The van der Waals surface area contributed by atoms with Crippen LogP contribution >= 0.6 is 0 Å². The molecule has 0 aromatic rings. The smallest absolute Gasteiger partial charge is 0.0769 e. The van der Waals surface area contributed by atoms with E-state index in [1.807, 2.05) is 0 Å². The summed E-state index contributed by atoms with van der Waals surface area (Å²) >= 11 is 0. The molecule has 0 aliphatic heterocycles. The zero-order chi connectivity index (χ0) is 8.04. The van der Waals surface area contributed by atoms with E-state index < -0.39 is 5.60 Å². The first-order valence-electron chi connectivity index (χ1n) is 4.11. The third-order valence-corrected chi connectivity index (χ3v) is 1.81. The lowest BCUT2D eigenvalue weighted by atomic mass is 9.93. The molecule has 62 valence electrons. The number of hydrogen-bond donors (Lipinski definition) is 2. The van der Waals surface area contributed by atoms with Crippen LogP contribution in [0, 0.1) is 0 Å². The second-order valence-corrected chi connectivity index (χ2v) is 2.93. The summed E-state index contributed by atoms with van der Waals surface area (Å²) in [6.45, 7) is 4.53. The normalized spacial score (nSPS) is 12.0. The number of nitrogens with two attached hydrogens (primary N) is 1. The monoisotopic (exact) mass is 145 g/mol. The molecule has 0 aliphatic carbocycles. The molecule has 0 bridgehead atoms. The second kappa shape index (κ2) is 4.69. The van der Waals surface area contributed by atoms with Crippen LogP contribution in [0.1, 0.15) is 39.5 Å². The lowest BCUT2D eigenvalue weighted by molar-refractivity contribution is 0.0302. The van der Waals surface area contributed by atoms with Gasteiger partial charge in [0.25, 0.3) is 0 Å². The van der Waals surface area contributed by atoms with Gasteiger partial charge in [-0.05, 0) is 12.8 Å². The van der Waals surface area contributed by atoms with E-state index in [-0.39, 0.29) is 0 Å². The molecule has 0 saturated carbocycles. The molecular formula is C8H19NO. The highest BCUT2D eigenvalue weighted by atomic mass is 16.3. The lowest BCUT2D eigenvalue weighted by Gasteiger charge is -2.25. The molecule has 0 saturated heterocycles. The highest BCUT2D eigenvalue weighted by Crippen LogP contribution is 2.17. The molecule has 10 heavy (non-hydrogen) atoms. The third kappa shape index (κ3) is 3.18. The third-order valence-electron chi connectivity index (χ3n) is 1.81. The maximum absolute atomic E-state index is 9.70. The Hall–Kier alpha value is -0.0800. The van der Waals surface area contributed by atoms with E-state index in [1.54, 1.807) is 0 Å². The predicted octanol–water partition coefficient (Wildman–Crippen LogP) is 1.28. The van der Waals surface area contributed by atoms with Crippen molar-refractivity contribution in [3.63, 3.8) is 0 Å². The molecule has 0 spiro atoms. The standard InChI is InChI=1S/C8H19NO/c1-3-5-8(10,7-9)6-4-2/h10H,3-7,9H2,1-2H3. The molecule has 0 unspecified atom stereocenters. The Morgan fingerprint density at radius 3 is 1.80 bits per heavy atom. The van der Waals surface area contributed by atoms with Gasteiger partial charge in [-0.25, -0.2) is 0 Å². The molecule has 3 N–H and O–H groups in total. The van der Waals surface area contributed by atoms with Crippen LogP contribution in [-0.4, -0.2) is 17.3 Å². The van der Waals surface area contributed by atoms with Gasteiger partial charge in [0.15, 0.2) is 0 Å². The summed E-state index contributed by atoms with van der Waals surface area (Å²) in [5.41, 5.74) is 4.85. The van der Waals surface area contributed by atoms with Crippen molar-refractivity contribution < 1.29 is 5.11 Å². The molecule has 0 amide bonds. The van der Waals surface area contributed by atoms with Gasteiger partial charge in [-0.15, -0.1) is 0 Å². The number of aliphatic hydroxyl groups is 1. The van der Waals surface area contributed by atoms with Crippen LogP contribution < -0.4 is 5.73 Å². The molecule has 2 heteroatoms. The van der Waals surface area contributed by atoms with Gasteiger partial charge in [0, 0.05) is 6.54 Å².